The van der Waals surface area contributed by atoms with Gasteiger partial charge in [0.1, 0.15) is 0 Å². The van der Waals surface area contributed by atoms with Gasteiger partial charge in [0.25, 0.3) is 0 Å². The fraction of sp³-hybridized carbons (Fsp3) is 0.600. The Balaban J connectivity index is 2.26. The number of hydrogen-bond acceptors (Lipinski definition) is 4. The molecule has 0 saturated carbocycles. The van der Waals surface area contributed by atoms with Gasteiger partial charge in [-0.05, 0) is 62.6 Å². The zero-order valence-electron chi connectivity index (χ0n) is 12.9. The fourth-order valence-electron chi connectivity index (χ4n) is 2.79. The summed E-state index contributed by atoms with van der Waals surface area (Å²) < 4.78 is 28.2. The van der Waals surface area contributed by atoms with Crippen molar-refractivity contribution in [3.05, 3.63) is 23.3 Å². The molecule has 0 aliphatic carbocycles. The van der Waals surface area contributed by atoms with Crippen molar-refractivity contribution in [1.82, 2.24) is 4.72 Å². The lowest BCUT2D eigenvalue weighted by Crippen LogP contribution is -2.38. The fourth-order valence-corrected chi connectivity index (χ4v) is 5.69. The molecule has 1 aromatic rings. The van der Waals surface area contributed by atoms with E-state index < -0.39 is 10.0 Å². The van der Waals surface area contributed by atoms with E-state index in [1.54, 1.807) is 0 Å². The van der Waals surface area contributed by atoms with Crippen LogP contribution in [0.4, 0.5) is 5.69 Å². The van der Waals surface area contributed by atoms with Crippen LogP contribution in [0.3, 0.4) is 0 Å². The lowest BCUT2D eigenvalue weighted by molar-refractivity contribution is 0.542. The third-order valence-corrected chi connectivity index (χ3v) is 6.63. The largest absolute Gasteiger partial charge is 0.385 e. The first-order chi connectivity index (χ1) is 9.94. The van der Waals surface area contributed by atoms with Crippen molar-refractivity contribution >= 4 is 27.5 Å². The van der Waals surface area contributed by atoms with Gasteiger partial charge >= 0.3 is 0 Å². The average Bonchev–Trinajstić information content (AvgIpc) is 2.38. The first kappa shape index (κ1) is 16.6. The number of benzene rings is 1. The topological polar surface area (TPSA) is 58.2 Å². The third-order valence-electron chi connectivity index (χ3n) is 3.59. The van der Waals surface area contributed by atoms with E-state index in [1.165, 1.54) is 0 Å². The first-order valence-corrected chi connectivity index (χ1v) is 10.0. The van der Waals surface area contributed by atoms with Crippen molar-refractivity contribution in [2.45, 2.75) is 44.6 Å². The molecule has 1 aromatic carbocycles. The molecule has 1 unspecified atom stereocenters. The Bertz CT molecular complexity index is 571. The summed E-state index contributed by atoms with van der Waals surface area (Å²) in [6, 6.07) is 3.86. The molecular weight excluding hydrogens is 304 g/mol. The van der Waals surface area contributed by atoms with Crippen LogP contribution in [0.15, 0.2) is 17.0 Å². The molecular formula is C15H24N2O2S2. The number of rotatable bonds is 5. The van der Waals surface area contributed by atoms with Gasteiger partial charge in [-0.1, -0.05) is 0 Å². The molecule has 21 heavy (non-hydrogen) atoms. The van der Waals surface area contributed by atoms with Crippen LogP contribution in [0.2, 0.25) is 0 Å². The smallest absolute Gasteiger partial charge is 0.241 e. The molecule has 0 aromatic heterocycles. The maximum Gasteiger partial charge on any atom is 0.241 e. The SMILES string of the molecule is CCNc1cc(C)c(S(=O)(=O)NC2CCCSC2)c(C)c1. The maximum atomic E-state index is 12.7. The summed E-state index contributed by atoms with van der Waals surface area (Å²) in [7, 11) is -3.44. The van der Waals surface area contributed by atoms with E-state index in [0.29, 0.717) is 4.90 Å². The van der Waals surface area contributed by atoms with Crippen molar-refractivity contribution in [3.8, 4) is 0 Å². The van der Waals surface area contributed by atoms with Gasteiger partial charge in [-0.25, -0.2) is 13.1 Å². The standard InChI is InChI=1S/C15H24N2O2S2/c1-4-16-14-8-11(2)15(12(3)9-14)21(18,19)17-13-6-5-7-20-10-13/h8-9,13,16-17H,4-7,10H2,1-3H3. The van der Waals surface area contributed by atoms with Crippen LogP contribution in [0, 0.1) is 13.8 Å². The van der Waals surface area contributed by atoms with Gasteiger partial charge in [0, 0.05) is 24.0 Å². The highest BCUT2D eigenvalue weighted by atomic mass is 32.2. The van der Waals surface area contributed by atoms with Crippen molar-refractivity contribution < 1.29 is 8.42 Å². The van der Waals surface area contributed by atoms with Crippen molar-refractivity contribution in [3.63, 3.8) is 0 Å². The average molecular weight is 329 g/mol. The zero-order valence-corrected chi connectivity index (χ0v) is 14.5. The van der Waals surface area contributed by atoms with Crippen LogP contribution < -0.4 is 10.0 Å². The number of nitrogens with one attached hydrogen (secondary N) is 2. The quantitative estimate of drug-likeness (QED) is 0.872. The van der Waals surface area contributed by atoms with Gasteiger partial charge in [-0.15, -0.1) is 0 Å². The van der Waals surface area contributed by atoms with Crippen molar-refractivity contribution in [1.29, 1.82) is 0 Å². The molecule has 0 spiro atoms. The Hall–Kier alpha value is -0.720. The summed E-state index contributed by atoms with van der Waals surface area (Å²) >= 11 is 1.82. The van der Waals surface area contributed by atoms with E-state index in [-0.39, 0.29) is 6.04 Å². The molecule has 0 radical (unpaired) electrons. The monoisotopic (exact) mass is 328 g/mol. The summed E-state index contributed by atoms with van der Waals surface area (Å²) in [5.74, 6) is 2.00. The molecule has 0 amide bonds. The lowest BCUT2D eigenvalue weighted by atomic mass is 10.1. The van der Waals surface area contributed by atoms with Crippen molar-refractivity contribution in [2.24, 2.45) is 0 Å². The van der Waals surface area contributed by atoms with Gasteiger partial charge in [0.2, 0.25) is 10.0 Å². The van der Waals surface area contributed by atoms with E-state index in [9.17, 15) is 8.42 Å². The molecule has 4 nitrogen and oxygen atoms in total. The molecule has 6 heteroatoms. The molecule has 0 bridgehead atoms. The number of sulfonamides is 1. The summed E-state index contributed by atoms with van der Waals surface area (Å²) in [5.41, 5.74) is 2.56. The molecule has 118 valence electrons. The normalized spacial score (nSPS) is 19.5. The summed E-state index contributed by atoms with van der Waals surface area (Å²) in [4.78, 5) is 0.430. The maximum absolute atomic E-state index is 12.7. The number of anilines is 1. The minimum Gasteiger partial charge on any atom is -0.385 e. The number of thioether (sulfide) groups is 1. The molecule has 1 aliphatic rings. The summed E-state index contributed by atoms with van der Waals surface area (Å²) in [6.07, 6.45) is 2.01. The molecule has 1 saturated heterocycles. The predicted molar refractivity (Wildman–Crippen MR) is 90.7 cm³/mol. The molecule has 2 rings (SSSR count). The van der Waals surface area contributed by atoms with Gasteiger partial charge < -0.3 is 5.32 Å². The Morgan fingerprint density at radius 3 is 2.48 bits per heavy atom. The third kappa shape index (κ3) is 4.14. The van der Waals surface area contributed by atoms with E-state index in [4.69, 9.17) is 0 Å². The second-order valence-electron chi connectivity index (χ2n) is 5.50. The summed E-state index contributed by atoms with van der Waals surface area (Å²) in [5, 5.41) is 3.23. The molecule has 1 atom stereocenters. The highest BCUT2D eigenvalue weighted by molar-refractivity contribution is 7.99. The van der Waals surface area contributed by atoms with Gasteiger partial charge in [-0.2, -0.15) is 11.8 Å². The lowest BCUT2D eigenvalue weighted by Gasteiger charge is -2.23. The second-order valence-corrected chi connectivity index (χ2v) is 8.31. The molecule has 1 fully saturated rings. The minimum absolute atomic E-state index is 0.0565. The van der Waals surface area contributed by atoms with Crippen LogP contribution in [0.1, 0.15) is 30.9 Å². The molecule has 1 aliphatic heterocycles. The first-order valence-electron chi connectivity index (χ1n) is 7.39. The Labute approximate surface area is 132 Å². The van der Waals surface area contributed by atoms with Crippen LogP contribution in [0.25, 0.3) is 0 Å². The summed E-state index contributed by atoms with van der Waals surface area (Å²) in [6.45, 7) is 6.57. The van der Waals surface area contributed by atoms with E-state index in [0.717, 1.165) is 47.7 Å². The van der Waals surface area contributed by atoms with Gasteiger partial charge in [0.15, 0.2) is 0 Å². The Kier molecular flexibility index (Phi) is 5.57. The van der Waals surface area contributed by atoms with Crippen molar-refractivity contribution in [2.75, 3.05) is 23.4 Å². The molecule has 2 N–H and O–H groups in total. The molecule has 1 heterocycles. The second kappa shape index (κ2) is 7.03. The Morgan fingerprint density at radius 2 is 1.95 bits per heavy atom. The van der Waals surface area contributed by atoms with E-state index in [1.807, 2.05) is 44.7 Å². The number of aryl methyl sites for hydroxylation is 2. The highest BCUT2D eigenvalue weighted by Gasteiger charge is 2.25. The number of hydrogen-bond donors (Lipinski definition) is 2. The van der Waals surface area contributed by atoms with E-state index >= 15 is 0 Å². The van der Waals surface area contributed by atoms with Gasteiger partial charge in [0.05, 0.1) is 4.90 Å². The van der Waals surface area contributed by atoms with Crippen LogP contribution >= 0.6 is 11.8 Å². The highest BCUT2D eigenvalue weighted by Crippen LogP contribution is 2.26. The van der Waals surface area contributed by atoms with Crippen LogP contribution in [-0.2, 0) is 10.0 Å². The zero-order chi connectivity index (χ0) is 15.5. The Morgan fingerprint density at radius 1 is 1.29 bits per heavy atom. The van der Waals surface area contributed by atoms with E-state index in [2.05, 4.69) is 10.0 Å². The predicted octanol–water partition coefficient (Wildman–Crippen LogP) is 2.91. The van der Waals surface area contributed by atoms with Gasteiger partial charge in [-0.3, -0.25) is 0 Å². The van der Waals surface area contributed by atoms with Crippen LogP contribution in [-0.4, -0.2) is 32.5 Å². The van der Waals surface area contributed by atoms with Crippen LogP contribution in [0.5, 0.6) is 0 Å². The minimum atomic E-state index is -3.44.